The predicted octanol–water partition coefficient (Wildman–Crippen LogP) is 1.10. The van der Waals surface area contributed by atoms with Crippen LogP contribution in [0.3, 0.4) is 0 Å². The number of hydrogen-bond donors (Lipinski definition) is 0. The largest absolute Gasteiger partial charge is 0.450 e. The Balaban J connectivity index is 2.55. The quantitative estimate of drug-likeness (QED) is 0.739. The Hall–Kier alpha value is -0.810. The first-order valence-electron chi connectivity index (χ1n) is 6.81. The Morgan fingerprint density at radius 1 is 1.28 bits per heavy atom. The van der Waals surface area contributed by atoms with E-state index in [1.165, 1.54) is 0 Å². The van der Waals surface area contributed by atoms with Gasteiger partial charge in [0, 0.05) is 19.1 Å². The van der Waals surface area contributed by atoms with Crippen LogP contribution in [0.4, 0.5) is 4.79 Å². The Bertz CT molecular complexity index is 251. The molecule has 0 saturated carbocycles. The van der Waals surface area contributed by atoms with E-state index in [2.05, 4.69) is 16.8 Å². The summed E-state index contributed by atoms with van der Waals surface area (Å²) < 4.78 is 5.17. The van der Waals surface area contributed by atoms with Crippen LogP contribution >= 0.6 is 0 Å². The lowest BCUT2D eigenvalue weighted by atomic mass is 10.0. The monoisotopic (exact) mass is 257 g/mol. The van der Waals surface area contributed by atoms with E-state index in [4.69, 9.17) is 4.74 Å². The molecule has 5 heteroatoms. The van der Waals surface area contributed by atoms with E-state index in [-0.39, 0.29) is 6.09 Å². The van der Waals surface area contributed by atoms with Crippen molar-refractivity contribution in [3.63, 3.8) is 0 Å². The maximum atomic E-state index is 12.0. The van der Waals surface area contributed by atoms with Crippen LogP contribution in [-0.2, 0) is 4.74 Å². The number of piperidine rings is 1. The molecule has 1 amide bonds. The standard InChI is InChI=1S/C13H27N3O2/c1-5-18-13(17)16(11-10-14(2)3)12-6-8-15(4)9-7-12/h12H,5-11H2,1-4H3. The minimum atomic E-state index is -0.158. The second kappa shape index (κ2) is 7.59. The number of likely N-dealkylation sites (tertiary alicyclic amines) is 1. The smallest absolute Gasteiger partial charge is 0.410 e. The number of nitrogens with zero attached hydrogens (tertiary/aromatic N) is 3. The molecule has 0 unspecified atom stereocenters. The van der Waals surface area contributed by atoms with Crippen molar-refractivity contribution in [2.24, 2.45) is 0 Å². The Morgan fingerprint density at radius 3 is 2.39 bits per heavy atom. The van der Waals surface area contributed by atoms with Gasteiger partial charge in [-0.2, -0.15) is 0 Å². The molecule has 0 radical (unpaired) electrons. The van der Waals surface area contributed by atoms with Gasteiger partial charge in [-0.05, 0) is 54.0 Å². The molecule has 1 rings (SSSR count). The summed E-state index contributed by atoms with van der Waals surface area (Å²) in [5, 5.41) is 0. The maximum Gasteiger partial charge on any atom is 0.410 e. The van der Waals surface area contributed by atoms with Crippen LogP contribution in [0.5, 0.6) is 0 Å². The zero-order valence-corrected chi connectivity index (χ0v) is 12.2. The number of carbonyl (C=O) groups is 1. The average molecular weight is 257 g/mol. The van der Waals surface area contributed by atoms with Crippen molar-refractivity contribution in [3.8, 4) is 0 Å². The summed E-state index contributed by atoms with van der Waals surface area (Å²) in [5.41, 5.74) is 0. The van der Waals surface area contributed by atoms with Crippen molar-refractivity contribution in [2.45, 2.75) is 25.8 Å². The van der Waals surface area contributed by atoms with Gasteiger partial charge in [0.1, 0.15) is 0 Å². The lowest BCUT2D eigenvalue weighted by Gasteiger charge is -2.37. The highest BCUT2D eigenvalue weighted by molar-refractivity contribution is 5.68. The first-order valence-corrected chi connectivity index (χ1v) is 6.81. The maximum absolute atomic E-state index is 12.0. The SMILES string of the molecule is CCOC(=O)N(CCN(C)C)C1CCN(C)CC1. The number of hydrogen-bond acceptors (Lipinski definition) is 4. The van der Waals surface area contributed by atoms with E-state index in [0.717, 1.165) is 39.0 Å². The minimum Gasteiger partial charge on any atom is -0.450 e. The lowest BCUT2D eigenvalue weighted by Crippen LogP contribution is -2.48. The average Bonchev–Trinajstić information content (AvgIpc) is 2.31. The van der Waals surface area contributed by atoms with Crippen LogP contribution in [0.1, 0.15) is 19.8 Å². The molecule has 0 aliphatic carbocycles. The van der Waals surface area contributed by atoms with Gasteiger partial charge in [0.2, 0.25) is 0 Å². The van der Waals surface area contributed by atoms with Crippen molar-refractivity contribution in [1.29, 1.82) is 0 Å². The molecular weight excluding hydrogens is 230 g/mol. The Labute approximate surface area is 111 Å². The molecule has 1 aliphatic heterocycles. The molecule has 0 atom stereocenters. The van der Waals surface area contributed by atoms with Gasteiger partial charge >= 0.3 is 6.09 Å². The molecular formula is C13H27N3O2. The highest BCUT2D eigenvalue weighted by atomic mass is 16.6. The van der Waals surface area contributed by atoms with Gasteiger partial charge in [-0.25, -0.2) is 4.79 Å². The number of amides is 1. The number of carbonyl (C=O) groups excluding carboxylic acids is 1. The van der Waals surface area contributed by atoms with Crippen LogP contribution in [-0.4, -0.2) is 80.8 Å². The second-order valence-electron chi connectivity index (χ2n) is 5.23. The summed E-state index contributed by atoms with van der Waals surface area (Å²) in [7, 11) is 6.18. The fourth-order valence-electron chi connectivity index (χ4n) is 2.24. The third kappa shape index (κ3) is 4.82. The summed E-state index contributed by atoms with van der Waals surface area (Å²) in [4.78, 5) is 18.3. The van der Waals surface area contributed by atoms with Crippen molar-refractivity contribution < 1.29 is 9.53 Å². The number of ether oxygens (including phenoxy) is 1. The molecule has 0 aromatic heterocycles. The summed E-state index contributed by atoms with van der Waals surface area (Å²) in [6, 6.07) is 0.334. The third-order valence-electron chi connectivity index (χ3n) is 3.42. The van der Waals surface area contributed by atoms with Crippen LogP contribution < -0.4 is 0 Å². The topological polar surface area (TPSA) is 36.0 Å². The van der Waals surface area contributed by atoms with E-state index < -0.39 is 0 Å². The van der Waals surface area contributed by atoms with Crippen LogP contribution in [0.25, 0.3) is 0 Å². The van der Waals surface area contributed by atoms with E-state index >= 15 is 0 Å². The Morgan fingerprint density at radius 2 is 1.89 bits per heavy atom. The van der Waals surface area contributed by atoms with Gasteiger partial charge in [-0.15, -0.1) is 0 Å². The van der Waals surface area contributed by atoms with E-state index in [1.807, 2.05) is 25.9 Å². The summed E-state index contributed by atoms with van der Waals surface area (Å²) in [6.45, 7) is 6.05. The van der Waals surface area contributed by atoms with Gasteiger partial charge in [-0.3, -0.25) is 0 Å². The molecule has 0 bridgehead atoms. The van der Waals surface area contributed by atoms with E-state index in [9.17, 15) is 4.79 Å². The molecule has 0 N–H and O–H groups in total. The highest BCUT2D eigenvalue weighted by Gasteiger charge is 2.27. The van der Waals surface area contributed by atoms with Crippen molar-refractivity contribution in [1.82, 2.24) is 14.7 Å². The van der Waals surface area contributed by atoms with Crippen LogP contribution in [0, 0.1) is 0 Å². The summed E-state index contributed by atoms with van der Waals surface area (Å²) in [5.74, 6) is 0. The van der Waals surface area contributed by atoms with Gasteiger partial charge in [0.05, 0.1) is 6.61 Å². The van der Waals surface area contributed by atoms with Crippen LogP contribution in [0.2, 0.25) is 0 Å². The number of rotatable bonds is 5. The zero-order valence-electron chi connectivity index (χ0n) is 12.2. The molecule has 5 nitrogen and oxygen atoms in total. The fraction of sp³-hybridized carbons (Fsp3) is 0.923. The molecule has 106 valence electrons. The second-order valence-corrected chi connectivity index (χ2v) is 5.23. The Kier molecular flexibility index (Phi) is 6.43. The van der Waals surface area contributed by atoms with Gasteiger partial charge in [0.25, 0.3) is 0 Å². The van der Waals surface area contributed by atoms with Gasteiger partial charge in [-0.1, -0.05) is 0 Å². The zero-order chi connectivity index (χ0) is 13.5. The fourth-order valence-corrected chi connectivity index (χ4v) is 2.24. The van der Waals surface area contributed by atoms with Crippen molar-refractivity contribution >= 4 is 6.09 Å². The third-order valence-corrected chi connectivity index (χ3v) is 3.42. The minimum absolute atomic E-state index is 0.158. The molecule has 0 aromatic rings. The highest BCUT2D eigenvalue weighted by Crippen LogP contribution is 2.16. The lowest BCUT2D eigenvalue weighted by molar-refractivity contribution is 0.0686. The molecule has 0 spiro atoms. The van der Waals surface area contributed by atoms with E-state index in [0.29, 0.717) is 12.6 Å². The molecule has 0 aromatic carbocycles. The van der Waals surface area contributed by atoms with E-state index in [1.54, 1.807) is 0 Å². The van der Waals surface area contributed by atoms with Crippen molar-refractivity contribution in [3.05, 3.63) is 0 Å². The van der Waals surface area contributed by atoms with Crippen LogP contribution in [0.15, 0.2) is 0 Å². The first-order chi connectivity index (χ1) is 8.54. The molecule has 1 fully saturated rings. The summed E-state index contributed by atoms with van der Waals surface area (Å²) >= 11 is 0. The summed E-state index contributed by atoms with van der Waals surface area (Å²) in [6.07, 6.45) is 1.93. The van der Waals surface area contributed by atoms with Gasteiger partial charge < -0.3 is 19.4 Å². The molecule has 1 saturated heterocycles. The first kappa shape index (κ1) is 15.2. The molecule has 18 heavy (non-hydrogen) atoms. The number of likely N-dealkylation sites (N-methyl/N-ethyl adjacent to an activating group) is 1. The molecule has 1 aliphatic rings. The van der Waals surface area contributed by atoms with Gasteiger partial charge in [0.15, 0.2) is 0 Å². The predicted molar refractivity (Wildman–Crippen MR) is 72.8 cm³/mol. The van der Waals surface area contributed by atoms with Crippen molar-refractivity contribution in [2.75, 3.05) is 53.9 Å². The normalized spacial score (nSPS) is 18.1. The molecule has 1 heterocycles.